The summed E-state index contributed by atoms with van der Waals surface area (Å²) < 4.78 is 5.79. The molecule has 1 heterocycles. The van der Waals surface area contributed by atoms with Crippen molar-refractivity contribution in [3.63, 3.8) is 0 Å². The normalized spacial score (nSPS) is 45.1. The van der Waals surface area contributed by atoms with Crippen molar-refractivity contribution >= 4 is 11.9 Å². The predicted molar refractivity (Wildman–Crippen MR) is 76.2 cm³/mol. The van der Waals surface area contributed by atoms with Crippen molar-refractivity contribution in [3.05, 3.63) is 0 Å². The lowest BCUT2D eigenvalue weighted by Crippen LogP contribution is -2.49. The van der Waals surface area contributed by atoms with E-state index in [1.54, 1.807) is 0 Å². The maximum Gasteiger partial charge on any atom is 0.293 e. The van der Waals surface area contributed by atoms with E-state index >= 15 is 0 Å². The molecule has 110 valence electrons. The van der Waals surface area contributed by atoms with Crippen LogP contribution in [0.15, 0.2) is 4.99 Å². The Morgan fingerprint density at radius 2 is 2.00 bits per heavy atom. The van der Waals surface area contributed by atoms with Gasteiger partial charge in [0.2, 0.25) is 0 Å². The first-order chi connectivity index (χ1) is 9.54. The first-order valence-electron chi connectivity index (χ1n) is 8.11. The number of aliphatic imine (C=N–C) groups is 1. The first kappa shape index (κ1) is 12.7. The second-order valence-corrected chi connectivity index (χ2v) is 7.82. The molecule has 1 amide bonds. The Labute approximate surface area is 120 Å². The summed E-state index contributed by atoms with van der Waals surface area (Å²) in [5.74, 6) is 2.91. The van der Waals surface area contributed by atoms with Gasteiger partial charge in [-0.15, -0.1) is 0 Å². The monoisotopic (exact) mass is 276 g/mol. The lowest BCUT2D eigenvalue weighted by molar-refractivity contribution is -0.123. The van der Waals surface area contributed by atoms with Crippen molar-refractivity contribution in [2.24, 2.45) is 28.7 Å². The lowest BCUT2D eigenvalue weighted by atomic mass is 9.80. The Hall–Kier alpha value is -1.06. The van der Waals surface area contributed by atoms with E-state index in [1.807, 2.05) is 0 Å². The number of carbonyl (C=O) groups is 1. The molecular weight excluding hydrogens is 252 g/mol. The summed E-state index contributed by atoms with van der Waals surface area (Å²) in [7, 11) is 0. The van der Waals surface area contributed by atoms with Gasteiger partial charge >= 0.3 is 0 Å². The van der Waals surface area contributed by atoms with Crippen molar-refractivity contribution in [2.45, 2.75) is 64.0 Å². The number of rotatable bonds is 3. The largest absolute Gasteiger partial charge is 0.451 e. The number of amidine groups is 1. The van der Waals surface area contributed by atoms with Crippen LogP contribution >= 0.6 is 0 Å². The molecule has 0 aromatic rings. The fraction of sp³-hybridized carbons (Fsp3) is 0.875. The van der Waals surface area contributed by atoms with E-state index in [1.165, 1.54) is 32.1 Å². The van der Waals surface area contributed by atoms with E-state index in [2.05, 4.69) is 24.2 Å². The van der Waals surface area contributed by atoms with Crippen LogP contribution in [-0.4, -0.2) is 23.6 Å². The summed E-state index contributed by atoms with van der Waals surface area (Å²) in [5.41, 5.74) is 0.194. The average Bonchev–Trinajstić information content (AvgIpc) is 2.86. The van der Waals surface area contributed by atoms with Crippen LogP contribution in [0, 0.1) is 23.7 Å². The van der Waals surface area contributed by atoms with Gasteiger partial charge in [-0.2, -0.15) is 4.99 Å². The van der Waals surface area contributed by atoms with Crippen molar-refractivity contribution in [1.82, 2.24) is 5.32 Å². The molecule has 0 spiro atoms. The van der Waals surface area contributed by atoms with Crippen LogP contribution in [-0.2, 0) is 9.53 Å². The van der Waals surface area contributed by atoms with Gasteiger partial charge in [0.1, 0.15) is 0 Å². The molecule has 0 aromatic heterocycles. The predicted octanol–water partition coefficient (Wildman–Crippen LogP) is 2.48. The smallest absolute Gasteiger partial charge is 0.293 e. The zero-order valence-electron chi connectivity index (χ0n) is 12.4. The zero-order valence-corrected chi connectivity index (χ0v) is 12.4. The first-order valence-corrected chi connectivity index (χ1v) is 8.11. The number of ether oxygens (including phenoxy) is 1. The van der Waals surface area contributed by atoms with Gasteiger partial charge in [0.05, 0.1) is 0 Å². The third-order valence-corrected chi connectivity index (χ3v) is 5.77. The molecule has 1 aliphatic heterocycles. The Balaban J connectivity index is 1.46. The van der Waals surface area contributed by atoms with Crippen LogP contribution in [0.25, 0.3) is 0 Å². The summed E-state index contributed by atoms with van der Waals surface area (Å²) in [4.78, 5) is 16.0. The highest BCUT2D eigenvalue weighted by Gasteiger charge is 2.58. The molecule has 4 heteroatoms. The van der Waals surface area contributed by atoms with E-state index in [0.717, 1.165) is 24.2 Å². The summed E-state index contributed by atoms with van der Waals surface area (Å²) in [6.45, 7) is 4.22. The molecule has 3 atom stereocenters. The molecule has 0 radical (unpaired) electrons. The topological polar surface area (TPSA) is 50.7 Å². The number of hydrogen-bond acceptors (Lipinski definition) is 3. The maximum absolute atomic E-state index is 11.9. The van der Waals surface area contributed by atoms with Crippen LogP contribution in [0.3, 0.4) is 0 Å². The molecule has 20 heavy (non-hydrogen) atoms. The van der Waals surface area contributed by atoms with Gasteiger partial charge in [0.25, 0.3) is 11.9 Å². The standard InChI is InChI=1S/C16H24N2O2/c1-9(2)3-13-14(19)17-15(20-13)18-16-7-10-4-11(8-16)6-12(16)5-10/h9-13H,3-8H2,1-2H3,(H,17,18,19). The third kappa shape index (κ3) is 1.87. The minimum atomic E-state index is -0.357. The molecule has 4 nitrogen and oxygen atoms in total. The number of hydrogen-bond donors (Lipinski definition) is 1. The van der Waals surface area contributed by atoms with Gasteiger partial charge in [-0.1, -0.05) is 13.8 Å². The fourth-order valence-corrected chi connectivity index (χ4v) is 5.23. The molecule has 1 N–H and O–H groups in total. The second-order valence-electron chi connectivity index (χ2n) is 7.82. The van der Waals surface area contributed by atoms with Crippen LogP contribution in [0.2, 0.25) is 0 Å². The van der Waals surface area contributed by atoms with Crippen molar-refractivity contribution in [3.8, 4) is 0 Å². The van der Waals surface area contributed by atoms with Crippen molar-refractivity contribution < 1.29 is 9.53 Å². The molecule has 5 aliphatic rings. The molecule has 4 bridgehead atoms. The molecule has 4 fully saturated rings. The fourth-order valence-electron chi connectivity index (χ4n) is 5.23. The SMILES string of the molecule is CC(C)CC1OC(NC23CC4CC(CC2C4)C3)=NC1=O. The zero-order chi connectivity index (χ0) is 13.9. The number of carbonyl (C=O) groups excluding carboxylic acids is 1. The summed E-state index contributed by atoms with van der Waals surface area (Å²) in [6.07, 6.45) is 7.04. The van der Waals surface area contributed by atoms with Crippen LogP contribution in [0.1, 0.15) is 52.4 Å². The Morgan fingerprint density at radius 1 is 1.30 bits per heavy atom. The minimum Gasteiger partial charge on any atom is -0.451 e. The number of nitrogens with zero attached hydrogens (tertiary/aromatic N) is 1. The van der Waals surface area contributed by atoms with E-state index in [-0.39, 0.29) is 17.6 Å². The second kappa shape index (κ2) is 4.22. The van der Waals surface area contributed by atoms with E-state index < -0.39 is 0 Å². The average molecular weight is 276 g/mol. The highest BCUT2D eigenvalue weighted by molar-refractivity contribution is 5.98. The number of amides is 1. The Morgan fingerprint density at radius 3 is 2.65 bits per heavy atom. The van der Waals surface area contributed by atoms with Crippen molar-refractivity contribution in [2.75, 3.05) is 0 Å². The van der Waals surface area contributed by atoms with Gasteiger partial charge in [-0.05, 0) is 62.2 Å². The third-order valence-electron chi connectivity index (χ3n) is 5.77. The Bertz CT molecular complexity index is 457. The summed E-state index contributed by atoms with van der Waals surface area (Å²) in [6, 6.07) is 0.508. The van der Waals surface area contributed by atoms with Gasteiger partial charge in [0, 0.05) is 5.54 Å². The molecular formula is C16H24N2O2. The molecule has 0 aromatic carbocycles. The van der Waals surface area contributed by atoms with Crippen molar-refractivity contribution in [1.29, 1.82) is 0 Å². The van der Waals surface area contributed by atoms with Gasteiger partial charge in [0.15, 0.2) is 6.10 Å². The summed E-state index contributed by atoms with van der Waals surface area (Å²) in [5, 5.41) is 3.55. The van der Waals surface area contributed by atoms with Gasteiger partial charge in [-0.3, -0.25) is 4.79 Å². The molecule has 4 aliphatic carbocycles. The number of nitrogens with one attached hydrogen (secondary N) is 1. The van der Waals surface area contributed by atoms with E-state index in [0.29, 0.717) is 11.9 Å². The minimum absolute atomic E-state index is 0.102. The van der Waals surface area contributed by atoms with Crippen LogP contribution in [0.4, 0.5) is 0 Å². The van der Waals surface area contributed by atoms with Crippen LogP contribution in [0.5, 0.6) is 0 Å². The Kier molecular flexibility index (Phi) is 2.67. The molecule has 0 saturated heterocycles. The van der Waals surface area contributed by atoms with Gasteiger partial charge in [-0.25, -0.2) is 0 Å². The highest BCUT2D eigenvalue weighted by atomic mass is 16.5. The highest BCUT2D eigenvalue weighted by Crippen LogP contribution is 2.60. The summed E-state index contributed by atoms with van der Waals surface area (Å²) >= 11 is 0. The lowest BCUT2D eigenvalue weighted by Gasteiger charge is -2.34. The molecule has 5 rings (SSSR count). The quantitative estimate of drug-likeness (QED) is 0.861. The molecule has 4 saturated carbocycles. The maximum atomic E-state index is 11.9. The van der Waals surface area contributed by atoms with E-state index in [4.69, 9.17) is 4.74 Å². The van der Waals surface area contributed by atoms with Crippen LogP contribution < -0.4 is 5.32 Å². The van der Waals surface area contributed by atoms with E-state index in [9.17, 15) is 4.79 Å². The van der Waals surface area contributed by atoms with Gasteiger partial charge < -0.3 is 10.1 Å². The molecule has 3 unspecified atom stereocenters.